The number of thiophene rings is 1. The SMILES string of the molecule is COC(=O)c1cc(C(C)(C)C)sc1NC(=O)C1CCOc2ccccc21. The van der Waals surface area contributed by atoms with Crippen molar-refractivity contribution in [1.29, 1.82) is 0 Å². The second-order valence-corrected chi connectivity index (χ2v) is 8.36. The molecule has 1 aliphatic rings. The monoisotopic (exact) mass is 373 g/mol. The molecule has 1 aromatic carbocycles. The van der Waals surface area contributed by atoms with Crippen LogP contribution in [0, 0.1) is 0 Å². The first-order chi connectivity index (χ1) is 12.3. The topological polar surface area (TPSA) is 64.6 Å². The van der Waals surface area contributed by atoms with E-state index in [0.29, 0.717) is 23.6 Å². The van der Waals surface area contributed by atoms with Gasteiger partial charge in [0.15, 0.2) is 0 Å². The van der Waals surface area contributed by atoms with Crippen molar-refractivity contribution in [3.63, 3.8) is 0 Å². The molecule has 1 aliphatic heterocycles. The van der Waals surface area contributed by atoms with E-state index >= 15 is 0 Å². The van der Waals surface area contributed by atoms with Gasteiger partial charge in [-0.3, -0.25) is 4.79 Å². The van der Waals surface area contributed by atoms with Gasteiger partial charge in [-0.25, -0.2) is 4.79 Å². The second-order valence-electron chi connectivity index (χ2n) is 7.31. The molecule has 0 spiro atoms. The van der Waals surface area contributed by atoms with Crippen LogP contribution in [0.3, 0.4) is 0 Å². The number of amides is 1. The second kappa shape index (κ2) is 7.11. The van der Waals surface area contributed by atoms with Gasteiger partial charge in [0.1, 0.15) is 10.8 Å². The molecule has 3 rings (SSSR count). The van der Waals surface area contributed by atoms with E-state index < -0.39 is 5.97 Å². The van der Waals surface area contributed by atoms with Gasteiger partial charge in [-0.1, -0.05) is 39.0 Å². The predicted molar refractivity (Wildman–Crippen MR) is 102 cm³/mol. The maximum Gasteiger partial charge on any atom is 0.340 e. The Bertz CT molecular complexity index is 835. The Kier molecular flexibility index (Phi) is 5.05. The lowest BCUT2D eigenvalue weighted by atomic mass is 9.92. The largest absolute Gasteiger partial charge is 0.493 e. The van der Waals surface area contributed by atoms with E-state index in [0.717, 1.165) is 16.2 Å². The number of ether oxygens (including phenoxy) is 2. The summed E-state index contributed by atoms with van der Waals surface area (Å²) < 4.78 is 10.5. The molecule has 1 N–H and O–H groups in total. The number of para-hydroxylation sites is 1. The van der Waals surface area contributed by atoms with Crippen LogP contribution in [0.4, 0.5) is 5.00 Å². The Morgan fingerprint density at radius 1 is 1.27 bits per heavy atom. The number of methoxy groups -OCH3 is 1. The van der Waals surface area contributed by atoms with E-state index in [1.54, 1.807) is 0 Å². The summed E-state index contributed by atoms with van der Waals surface area (Å²) in [6, 6.07) is 9.39. The van der Waals surface area contributed by atoms with Crippen molar-refractivity contribution in [1.82, 2.24) is 0 Å². The van der Waals surface area contributed by atoms with Gasteiger partial charge in [-0.2, -0.15) is 0 Å². The Labute approximate surface area is 157 Å². The summed E-state index contributed by atoms with van der Waals surface area (Å²) in [6.07, 6.45) is 0.605. The van der Waals surface area contributed by atoms with Gasteiger partial charge in [-0.05, 0) is 24.0 Å². The van der Waals surface area contributed by atoms with Gasteiger partial charge in [0, 0.05) is 10.4 Å². The molecule has 1 aromatic heterocycles. The molecule has 0 saturated heterocycles. The minimum atomic E-state index is -0.445. The van der Waals surface area contributed by atoms with Crippen LogP contribution in [0.1, 0.15) is 53.9 Å². The molecule has 1 unspecified atom stereocenters. The Morgan fingerprint density at radius 3 is 2.69 bits per heavy atom. The Hall–Kier alpha value is -2.34. The van der Waals surface area contributed by atoms with Crippen molar-refractivity contribution in [2.45, 2.75) is 38.5 Å². The molecule has 0 fully saturated rings. The lowest BCUT2D eigenvalue weighted by molar-refractivity contribution is -0.118. The van der Waals surface area contributed by atoms with Crippen molar-refractivity contribution >= 4 is 28.2 Å². The number of hydrogen-bond donors (Lipinski definition) is 1. The van der Waals surface area contributed by atoms with Crippen molar-refractivity contribution in [3.05, 3.63) is 46.3 Å². The summed E-state index contributed by atoms with van der Waals surface area (Å²) >= 11 is 1.42. The van der Waals surface area contributed by atoms with Crippen molar-refractivity contribution in [2.75, 3.05) is 19.0 Å². The molecule has 2 heterocycles. The molecule has 1 atom stereocenters. The number of carbonyl (C=O) groups excluding carboxylic acids is 2. The van der Waals surface area contributed by atoms with E-state index in [1.807, 2.05) is 30.3 Å². The number of benzene rings is 1. The summed E-state index contributed by atoms with van der Waals surface area (Å²) in [4.78, 5) is 26.1. The maximum atomic E-state index is 12.9. The predicted octanol–water partition coefficient (Wildman–Crippen LogP) is 4.34. The third kappa shape index (κ3) is 3.60. The lowest BCUT2D eigenvalue weighted by Gasteiger charge is -2.25. The first-order valence-corrected chi connectivity index (χ1v) is 9.38. The van der Waals surface area contributed by atoms with E-state index in [2.05, 4.69) is 26.1 Å². The highest BCUT2D eigenvalue weighted by Gasteiger charge is 2.30. The number of carbonyl (C=O) groups is 2. The van der Waals surface area contributed by atoms with Crippen LogP contribution in [-0.4, -0.2) is 25.6 Å². The fraction of sp³-hybridized carbons (Fsp3) is 0.400. The van der Waals surface area contributed by atoms with E-state index in [9.17, 15) is 9.59 Å². The summed E-state index contributed by atoms with van der Waals surface area (Å²) in [7, 11) is 1.34. The average Bonchev–Trinajstić information content (AvgIpc) is 3.04. The molecule has 5 nitrogen and oxygen atoms in total. The van der Waals surface area contributed by atoms with Gasteiger partial charge in [0.05, 0.1) is 25.2 Å². The number of esters is 1. The van der Waals surface area contributed by atoms with Gasteiger partial charge < -0.3 is 14.8 Å². The van der Waals surface area contributed by atoms with E-state index in [1.165, 1.54) is 18.4 Å². The van der Waals surface area contributed by atoms with Crippen LogP contribution in [0.2, 0.25) is 0 Å². The molecule has 138 valence electrons. The zero-order valence-corrected chi connectivity index (χ0v) is 16.2. The van der Waals surface area contributed by atoms with Gasteiger partial charge in [0.2, 0.25) is 5.91 Å². The first-order valence-electron chi connectivity index (χ1n) is 8.56. The first kappa shape index (κ1) is 18.5. The molecule has 0 radical (unpaired) electrons. The molecule has 1 amide bonds. The minimum Gasteiger partial charge on any atom is -0.493 e. The normalized spacial score (nSPS) is 16.4. The van der Waals surface area contributed by atoms with Crippen molar-refractivity contribution < 1.29 is 19.1 Å². The molecule has 26 heavy (non-hydrogen) atoms. The Balaban J connectivity index is 1.90. The fourth-order valence-corrected chi connectivity index (χ4v) is 4.04. The van der Waals surface area contributed by atoms with Gasteiger partial charge >= 0.3 is 5.97 Å². The van der Waals surface area contributed by atoms with Crippen LogP contribution in [-0.2, 0) is 14.9 Å². The lowest BCUT2D eigenvalue weighted by Crippen LogP contribution is -2.26. The minimum absolute atomic E-state index is 0.123. The van der Waals surface area contributed by atoms with E-state index in [-0.39, 0.29) is 17.2 Å². The third-order valence-corrected chi connectivity index (χ3v) is 5.86. The Morgan fingerprint density at radius 2 is 2.00 bits per heavy atom. The smallest absolute Gasteiger partial charge is 0.340 e. The molecular weight excluding hydrogens is 350 g/mol. The van der Waals surface area contributed by atoms with Crippen LogP contribution < -0.4 is 10.1 Å². The quantitative estimate of drug-likeness (QED) is 0.813. The summed E-state index contributed by atoms with van der Waals surface area (Å²) in [5.41, 5.74) is 1.15. The number of hydrogen-bond acceptors (Lipinski definition) is 5. The molecule has 2 aromatic rings. The molecular formula is C20H23NO4S. The zero-order chi connectivity index (χ0) is 18.9. The van der Waals surface area contributed by atoms with Crippen LogP contribution >= 0.6 is 11.3 Å². The summed E-state index contributed by atoms with van der Waals surface area (Å²) in [6.45, 7) is 6.71. The van der Waals surface area contributed by atoms with Crippen LogP contribution in [0.5, 0.6) is 5.75 Å². The zero-order valence-electron chi connectivity index (χ0n) is 15.4. The molecule has 0 aliphatic carbocycles. The maximum absolute atomic E-state index is 12.9. The van der Waals surface area contributed by atoms with Gasteiger partial charge in [0.25, 0.3) is 0 Å². The number of rotatable bonds is 3. The van der Waals surface area contributed by atoms with Crippen molar-refractivity contribution in [2.24, 2.45) is 0 Å². The highest BCUT2D eigenvalue weighted by molar-refractivity contribution is 7.16. The average molecular weight is 373 g/mol. The van der Waals surface area contributed by atoms with Gasteiger partial charge in [-0.15, -0.1) is 11.3 Å². The number of fused-ring (bicyclic) bond motifs is 1. The molecule has 6 heteroatoms. The van der Waals surface area contributed by atoms with Crippen LogP contribution in [0.15, 0.2) is 30.3 Å². The number of anilines is 1. The summed E-state index contributed by atoms with van der Waals surface area (Å²) in [5, 5.41) is 3.49. The summed E-state index contributed by atoms with van der Waals surface area (Å²) in [5.74, 6) is -0.132. The molecule has 0 saturated carbocycles. The standard InChI is InChI=1S/C20H23NO4S/c1-20(2,3)16-11-14(19(23)24-4)18(26-16)21-17(22)13-9-10-25-15-8-6-5-7-12(13)15/h5-8,11,13H,9-10H2,1-4H3,(H,21,22). The third-order valence-electron chi connectivity index (χ3n) is 4.39. The van der Waals surface area contributed by atoms with E-state index in [4.69, 9.17) is 9.47 Å². The van der Waals surface area contributed by atoms with Crippen LogP contribution in [0.25, 0.3) is 0 Å². The molecule has 0 bridgehead atoms. The highest BCUT2D eigenvalue weighted by atomic mass is 32.1. The van der Waals surface area contributed by atoms with Crippen molar-refractivity contribution in [3.8, 4) is 5.75 Å². The number of nitrogens with one attached hydrogen (secondary N) is 1. The fourth-order valence-electron chi connectivity index (χ4n) is 2.93. The highest BCUT2D eigenvalue weighted by Crippen LogP contribution is 2.38.